The third-order valence-electron chi connectivity index (χ3n) is 5.59. The van der Waals surface area contributed by atoms with Crippen molar-refractivity contribution < 1.29 is 9.59 Å². The fraction of sp³-hybridized carbons (Fsp3) is 0.478. The molecule has 0 aliphatic carbocycles. The van der Waals surface area contributed by atoms with E-state index in [9.17, 15) is 9.59 Å². The molecule has 4 nitrogen and oxygen atoms in total. The van der Waals surface area contributed by atoms with E-state index in [1.54, 1.807) is 16.2 Å². The Labute approximate surface area is 172 Å². The van der Waals surface area contributed by atoms with Crippen LogP contribution in [-0.2, 0) is 16.0 Å². The average molecular weight is 399 g/mol. The van der Waals surface area contributed by atoms with Crippen LogP contribution in [0.2, 0.25) is 0 Å². The van der Waals surface area contributed by atoms with Crippen LogP contribution in [0, 0.1) is 5.41 Å². The van der Waals surface area contributed by atoms with Gasteiger partial charge in [-0.2, -0.15) is 0 Å². The summed E-state index contributed by atoms with van der Waals surface area (Å²) in [5.74, 6) is 0.298. The van der Waals surface area contributed by atoms with Gasteiger partial charge in [0.1, 0.15) is 0 Å². The second kappa shape index (κ2) is 8.91. The van der Waals surface area contributed by atoms with Crippen LogP contribution in [0.5, 0.6) is 0 Å². The highest BCUT2D eigenvalue weighted by Gasteiger charge is 2.44. The average Bonchev–Trinajstić information content (AvgIpc) is 3.22. The highest BCUT2D eigenvalue weighted by Crippen LogP contribution is 2.39. The lowest BCUT2D eigenvalue weighted by Crippen LogP contribution is -2.54. The van der Waals surface area contributed by atoms with Crippen molar-refractivity contribution in [2.24, 2.45) is 5.41 Å². The van der Waals surface area contributed by atoms with E-state index >= 15 is 0 Å². The molecule has 2 heterocycles. The van der Waals surface area contributed by atoms with Gasteiger partial charge >= 0.3 is 0 Å². The number of amides is 2. The SMILES string of the molecule is CCCC(=O)N1CCC[C@@](Cc2ccccc2-c2cccs2)(C(=O)N(C)C)C1. The van der Waals surface area contributed by atoms with Gasteiger partial charge in [-0.3, -0.25) is 9.59 Å². The lowest BCUT2D eigenvalue weighted by atomic mass is 9.73. The maximum atomic E-state index is 13.3. The molecule has 0 N–H and O–H groups in total. The summed E-state index contributed by atoms with van der Waals surface area (Å²) < 4.78 is 0. The van der Waals surface area contributed by atoms with Crippen molar-refractivity contribution in [3.8, 4) is 10.4 Å². The maximum absolute atomic E-state index is 13.3. The first-order valence-corrected chi connectivity index (χ1v) is 11.0. The van der Waals surface area contributed by atoms with Crippen molar-refractivity contribution in [3.05, 3.63) is 47.3 Å². The Kier molecular flexibility index (Phi) is 6.55. The zero-order valence-electron chi connectivity index (χ0n) is 17.1. The Hall–Kier alpha value is -2.14. The molecule has 0 radical (unpaired) electrons. The number of thiophene rings is 1. The van der Waals surface area contributed by atoms with Gasteiger partial charge in [0.05, 0.1) is 5.41 Å². The third-order valence-corrected chi connectivity index (χ3v) is 6.49. The summed E-state index contributed by atoms with van der Waals surface area (Å²) in [5.41, 5.74) is 1.82. The van der Waals surface area contributed by atoms with Crippen molar-refractivity contribution in [2.45, 2.75) is 39.0 Å². The summed E-state index contributed by atoms with van der Waals surface area (Å²) >= 11 is 1.72. The molecular formula is C23H30N2O2S. The van der Waals surface area contributed by atoms with Gasteiger partial charge in [0, 0.05) is 38.5 Å². The predicted octanol–water partition coefficient (Wildman–Crippen LogP) is 4.45. The number of nitrogens with zero attached hydrogens (tertiary/aromatic N) is 2. The topological polar surface area (TPSA) is 40.6 Å². The Bertz CT molecular complexity index is 816. The molecule has 2 amide bonds. The molecule has 1 aliphatic rings. The summed E-state index contributed by atoms with van der Waals surface area (Å²) in [6.45, 7) is 3.30. The minimum Gasteiger partial charge on any atom is -0.348 e. The molecule has 150 valence electrons. The third kappa shape index (κ3) is 4.30. The standard InChI is InChI=1S/C23H30N2O2S/c1-4-9-21(26)25-14-8-13-23(17-25,22(27)24(2)3)16-18-10-5-6-11-19(18)20-12-7-15-28-20/h5-7,10-12,15H,4,8-9,13-14,16-17H2,1-3H3/t23-/m0/s1. The van der Waals surface area contributed by atoms with Gasteiger partial charge in [-0.15, -0.1) is 11.3 Å². The van der Waals surface area contributed by atoms with Gasteiger partial charge in [-0.05, 0) is 48.3 Å². The van der Waals surface area contributed by atoms with E-state index in [-0.39, 0.29) is 11.8 Å². The Morgan fingerprint density at radius 1 is 1.18 bits per heavy atom. The van der Waals surface area contributed by atoms with Crippen molar-refractivity contribution in [2.75, 3.05) is 27.2 Å². The van der Waals surface area contributed by atoms with Crippen LogP contribution in [0.3, 0.4) is 0 Å². The van der Waals surface area contributed by atoms with E-state index < -0.39 is 5.41 Å². The number of benzene rings is 1. The molecular weight excluding hydrogens is 368 g/mol. The van der Waals surface area contributed by atoms with Crippen LogP contribution in [0.1, 0.15) is 38.2 Å². The van der Waals surface area contributed by atoms with Crippen molar-refractivity contribution in [1.82, 2.24) is 9.80 Å². The zero-order chi connectivity index (χ0) is 20.1. The maximum Gasteiger partial charge on any atom is 0.230 e. The first kappa shape index (κ1) is 20.6. The molecule has 1 aliphatic heterocycles. The molecule has 1 aromatic carbocycles. The first-order valence-electron chi connectivity index (χ1n) is 10.1. The molecule has 28 heavy (non-hydrogen) atoms. The van der Waals surface area contributed by atoms with Crippen LogP contribution in [0.4, 0.5) is 0 Å². The second-order valence-electron chi connectivity index (χ2n) is 7.96. The van der Waals surface area contributed by atoms with Crippen molar-refractivity contribution in [3.63, 3.8) is 0 Å². The van der Waals surface area contributed by atoms with E-state index in [4.69, 9.17) is 0 Å². The van der Waals surface area contributed by atoms with E-state index in [1.165, 1.54) is 16.0 Å². The summed E-state index contributed by atoms with van der Waals surface area (Å²) in [5, 5.41) is 2.08. The molecule has 5 heteroatoms. The van der Waals surface area contributed by atoms with Gasteiger partial charge in [-0.1, -0.05) is 37.3 Å². The number of carbonyl (C=O) groups is 2. The molecule has 1 saturated heterocycles. The molecule has 1 fully saturated rings. The van der Waals surface area contributed by atoms with Crippen LogP contribution in [0.15, 0.2) is 41.8 Å². The minimum absolute atomic E-state index is 0.127. The Morgan fingerprint density at radius 2 is 1.96 bits per heavy atom. The van der Waals surface area contributed by atoms with E-state index in [2.05, 4.69) is 35.7 Å². The molecule has 0 saturated carbocycles. The number of hydrogen-bond acceptors (Lipinski definition) is 3. The highest BCUT2D eigenvalue weighted by molar-refractivity contribution is 7.13. The predicted molar refractivity (Wildman–Crippen MR) is 115 cm³/mol. The summed E-state index contributed by atoms with van der Waals surface area (Å²) in [6, 6.07) is 12.6. The van der Waals surface area contributed by atoms with Crippen LogP contribution in [0.25, 0.3) is 10.4 Å². The van der Waals surface area contributed by atoms with Crippen LogP contribution < -0.4 is 0 Å². The Balaban J connectivity index is 1.96. The Morgan fingerprint density at radius 3 is 2.64 bits per heavy atom. The lowest BCUT2D eigenvalue weighted by molar-refractivity contribution is -0.147. The van der Waals surface area contributed by atoms with Crippen LogP contribution in [-0.4, -0.2) is 48.8 Å². The fourth-order valence-corrected chi connectivity index (χ4v) is 5.08. The lowest BCUT2D eigenvalue weighted by Gasteiger charge is -2.43. The van der Waals surface area contributed by atoms with Crippen LogP contribution >= 0.6 is 11.3 Å². The number of hydrogen-bond donors (Lipinski definition) is 0. The van der Waals surface area contributed by atoms with Gasteiger partial charge < -0.3 is 9.80 Å². The fourth-order valence-electron chi connectivity index (χ4n) is 4.30. The molecule has 1 aromatic heterocycles. The summed E-state index contributed by atoms with van der Waals surface area (Å²) in [6.07, 6.45) is 3.74. The molecule has 0 bridgehead atoms. The molecule has 0 unspecified atom stereocenters. The highest BCUT2D eigenvalue weighted by atomic mass is 32.1. The number of carbonyl (C=O) groups excluding carboxylic acids is 2. The van der Waals surface area contributed by atoms with Gasteiger partial charge in [0.2, 0.25) is 11.8 Å². The normalized spacial score (nSPS) is 19.5. The largest absolute Gasteiger partial charge is 0.348 e. The van der Waals surface area contributed by atoms with Gasteiger partial charge in [0.25, 0.3) is 0 Å². The smallest absolute Gasteiger partial charge is 0.230 e. The minimum atomic E-state index is -0.557. The van der Waals surface area contributed by atoms with Crippen molar-refractivity contribution >= 4 is 23.2 Å². The number of piperidine rings is 1. The van der Waals surface area contributed by atoms with Crippen molar-refractivity contribution in [1.29, 1.82) is 0 Å². The monoisotopic (exact) mass is 398 g/mol. The summed E-state index contributed by atoms with van der Waals surface area (Å²) in [7, 11) is 3.64. The quantitative estimate of drug-likeness (QED) is 0.721. The molecule has 0 spiro atoms. The molecule has 2 aromatic rings. The van der Waals surface area contributed by atoms with Gasteiger partial charge in [0.15, 0.2) is 0 Å². The second-order valence-corrected chi connectivity index (χ2v) is 8.91. The first-order chi connectivity index (χ1) is 13.5. The van der Waals surface area contributed by atoms with E-state index in [1.807, 2.05) is 32.0 Å². The van der Waals surface area contributed by atoms with E-state index in [0.717, 1.165) is 25.8 Å². The molecule has 1 atom stereocenters. The number of rotatable bonds is 6. The zero-order valence-corrected chi connectivity index (χ0v) is 17.9. The summed E-state index contributed by atoms with van der Waals surface area (Å²) in [4.78, 5) is 30.8. The van der Waals surface area contributed by atoms with Gasteiger partial charge in [-0.25, -0.2) is 0 Å². The van der Waals surface area contributed by atoms with E-state index in [0.29, 0.717) is 19.4 Å². The number of likely N-dealkylation sites (tertiary alicyclic amines) is 1. The molecule has 3 rings (SSSR count).